The van der Waals surface area contributed by atoms with E-state index in [2.05, 4.69) is 29.2 Å². The van der Waals surface area contributed by atoms with Crippen LogP contribution in [0.1, 0.15) is 72.3 Å². The number of aliphatic carboxylic acids is 1. The molecule has 4 nitrogen and oxygen atoms in total. The second-order valence-corrected chi connectivity index (χ2v) is 11.6. The number of ether oxygens (including phenoxy) is 1. The average Bonchev–Trinajstić information content (AvgIpc) is 3.03. The van der Waals surface area contributed by atoms with Gasteiger partial charge in [0, 0.05) is 25.6 Å². The van der Waals surface area contributed by atoms with Gasteiger partial charge < -0.3 is 9.84 Å². The maximum Gasteiger partial charge on any atom is 0.417 e. The van der Waals surface area contributed by atoms with Gasteiger partial charge >= 0.3 is 12.1 Å². The zero-order chi connectivity index (χ0) is 32.2. The van der Waals surface area contributed by atoms with E-state index in [1.54, 1.807) is 18.2 Å². The van der Waals surface area contributed by atoms with Crippen LogP contribution in [0.2, 0.25) is 5.02 Å². The third-order valence-electron chi connectivity index (χ3n) is 7.92. The number of benzene rings is 4. The molecule has 0 amide bonds. The summed E-state index contributed by atoms with van der Waals surface area (Å²) in [6, 6.07) is 31.4. The molecule has 0 bridgehead atoms. The number of rotatable bonds is 16. The standard InChI is InChI=1S/C37H39ClF3NO3.ClH/c1-2-3-20-32(36(43)44)29-17-10-19-31(24-29)45-23-12-22-42(25-30-18-11-21-34(35(30)38)37(39,40)41)26-33(27-13-6-4-7-14-27)28-15-8-5-9-16-28;/h4-11,13-19,21,24,32-33H,2-3,12,20,22-23,25-26H2,1H3,(H,43,44);1H. The summed E-state index contributed by atoms with van der Waals surface area (Å²) in [4.78, 5) is 14.0. The van der Waals surface area contributed by atoms with Crippen LogP contribution in [0.3, 0.4) is 0 Å². The van der Waals surface area contributed by atoms with Crippen LogP contribution in [-0.2, 0) is 17.5 Å². The lowest BCUT2D eigenvalue weighted by atomic mass is 9.90. The molecule has 0 fully saturated rings. The van der Waals surface area contributed by atoms with E-state index >= 15 is 0 Å². The molecule has 0 aliphatic carbocycles. The van der Waals surface area contributed by atoms with Crippen molar-refractivity contribution < 1.29 is 27.8 Å². The van der Waals surface area contributed by atoms with Crippen LogP contribution in [0.15, 0.2) is 103 Å². The van der Waals surface area contributed by atoms with Crippen molar-refractivity contribution in [1.29, 1.82) is 0 Å². The Morgan fingerprint density at radius 1 is 0.870 bits per heavy atom. The lowest BCUT2D eigenvalue weighted by Gasteiger charge is -2.29. The van der Waals surface area contributed by atoms with E-state index in [0.717, 1.165) is 30.0 Å². The number of carboxylic acid groups (broad SMARTS) is 1. The number of unbranched alkanes of at least 4 members (excludes halogenated alkanes) is 1. The van der Waals surface area contributed by atoms with Crippen LogP contribution in [0.5, 0.6) is 5.75 Å². The minimum Gasteiger partial charge on any atom is -0.494 e. The summed E-state index contributed by atoms with van der Waals surface area (Å²) in [5.74, 6) is -0.871. The topological polar surface area (TPSA) is 49.8 Å². The number of halogens is 5. The molecule has 46 heavy (non-hydrogen) atoms. The Balaban J connectivity index is 0.00000576. The van der Waals surface area contributed by atoms with Gasteiger partial charge in [-0.25, -0.2) is 0 Å². The minimum atomic E-state index is -4.55. The molecule has 246 valence electrons. The maximum absolute atomic E-state index is 13.7. The van der Waals surface area contributed by atoms with Gasteiger partial charge in [-0.1, -0.05) is 116 Å². The monoisotopic (exact) mass is 673 g/mol. The second-order valence-electron chi connectivity index (χ2n) is 11.2. The number of hydrogen-bond donors (Lipinski definition) is 1. The van der Waals surface area contributed by atoms with Crippen LogP contribution >= 0.6 is 24.0 Å². The Hall–Kier alpha value is -3.52. The van der Waals surface area contributed by atoms with Crippen molar-refractivity contribution in [3.05, 3.63) is 136 Å². The first kappa shape index (κ1) is 36.9. The van der Waals surface area contributed by atoms with Gasteiger partial charge in [-0.2, -0.15) is 13.2 Å². The summed E-state index contributed by atoms with van der Waals surface area (Å²) < 4.78 is 47.0. The number of alkyl halides is 3. The zero-order valence-electron chi connectivity index (χ0n) is 25.8. The van der Waals surface area contributed by atoms with Crippen molar-refractivity contribution in [2.45, 2.75) is 57.2 Å². The molecule has 1 N–H and O–H groups in total. The fourth-order valence-electron chi connectivity index (χ4n) is 5.57. The Morgan fingerprint density at radius 3 is 2.07 bits per heavy atom. The van der Waals surface area contributed by atoms with Gasteiger partial charge in [0.15, 0.2) is 0 Å². The summed E-state index contributed by atoms with van der Waals surface area (Å²) in [6.45, 7) is 3.70. The highest BCUT2D eigenvalue weighted by Gasteiger charge is 2.34. The van der Waals surface area contributed by atoms with Crippen molar-refractivity contribution in [3.63, 3.8) is 0 Å². The number of hydrogen-bond acceptors (Lipinski definition) is 3. The van der Waals surface area contributed by atoms with Crippen LogP contribution in [-0.4, -0.2) is 35.7 Å². The van der Waals surface area contributed by atoms with Crippen LogP contribution < -0.4 is 4.74 Å². The molecule has 1 atom stereocenters. The molecule has 0 aliphatic heterocycles. The summed E-state index contributed by atoms with van der Waals surface area (Å²) >= 11 is 6.33. The van der Waals surface area contributed by atoms with Crippen LogP contribution in [0, 0.1) is 0 Å². The van der Waals surface area contributed by atoms with E-state index < -0.39 is 23.6 Å². The third-order valence-corrected chi connectivity index (χ3v) is 8.36. The Morgan fingerprint density at radius 2 is 1.48 bits per heavy atom. The van der Waals surface area contributed by atoms with Crippen LogP contribution in [0.4, 0.5) is 13.2 Å². The Kier molecular flexibility index (Phi) is 14.4. The molecule has 0 aromatic heterocycles. The van der Waals surface area contributed by atoms with Gasteiger partial charge in [0.05, 0.1) is 23.1 Å². The van der Waals surface area contributed by atoms with Crippen molar-refractivity contribution in [2.24, 2.45) is 0 Å². The lowest BCUT2D eigenvalue weighted by Crippen LogP contribution is -2.31. The fraction of sp³-hybridized carbons (Fsp3) is 0.324. The van der Waals surface area contributed by atoms with E-state index in [9.17, 15) is 23.1 Å². The second kappa shape index (κ2) is 18.0. The maximum atomic E-state index is 13.7. The van der Waals surface area contributed by atoms with Crippen molar-refractivity contribution in [1.82, 2.24) is 4.90 Å². The normalized spacial score (nSPS) is 12.2. The molecule has 0 heterocycles. The number of carbonyl (C=O) groups is 1. The lowest BCUT2D eigenvalue weighted by molar-refractivity contribution is -0.139. The van der Waals surface area contributed by atoms with Gasteiger partial charge in [0.2, 0.25) is 0 Å². The fourth-order valence-corrected chi connectivity index (χ4v) is 5.86. The van der Waals surface area contributed by atoms with Gasteiger partial charge in [0.1, 0.15) is 5.75 Å². The highest BCUT2D eigenvalue weighted by atomic mass is 35.5. The van der Waals surface area contributed by atoms with E-state index in [1.165, 1.54) is 6.07 Å². The first-order valence-corrected chi connectivity index (χ1v) is 15.7. The first-order chi connectivity index (χ1) is 21.7. The van der Waals surface area contributed by atoms with Gasteiger partial charge in [-0.15, -0.1) is 12.4 Å². The van der Waals surface area contributed by atoms with Gasteiger partial charge in [-0.05, 0) is 53.3 Å². The highest BCUT2D eigenvalue weighted by molar-refractivity contribution is 6.32. The van der Waals surface area contributed by atoms with Gasteiger partial charge in [-0.3, -0.25) is 9.69 Å². The van der Waals surface area contributed by atoms with Crippen molar-refractivity contribution in [3.8, 4) is 5.75 Å². The quantitative estimate of drug-likeness (QED) is 0.120. The molecular formula is C37H40Cl2F3NO3. The van der Waals surface area contributed by atoms with Crippen LogP contribution in [0.25, 0.3) is 0 Å². The van der Waals surface area contributed by atoms with Crippen molar-refractivity contribution in [2.75, 3.05) is 19.7 Å². The third kappa shape index (κ3) is 10.5. The Labute approximate surface area is 280 Å². The molecule has 4 aromatic rings. The SMILES string of the molecule is CCCCC(C(=O)O)c1cccc(OCCCN(Cc2cccc(C(F)(F)F)c2Cl)CC(c2ccccc2)c2ccccc2)c1.Cl. The predicted octanol–water partition coefficient (Wildman–Crippen LogP) is 10.2. The molecule has 0 saturated heterocycles. The zero-order valence-corrected chi connectivity index (χ0v) is 27.3. The Bertz CT molecular complexity index is 1460. The predicted molar refractivity (Wildman–Crippen MR) is 180 cm³/mol. The first-order valence-electron chi connectivity index (χ1n) is 15.3. The largest absolute Gasteiger partial charge is 0.494 e. The summed E-state index contributed by atoms with van der Waals surface area (Å²) in [7, 11) is 0. The summed E-state index contributed by atoms with van der Waals surface area (Å²) in [5, 5.41) is 9.46. The van der Waals surface area contributed by atoms with Crippen molar-refractivity contribution >= 4 is 30.0 Å². The van der Waals surface area contributed by atoms with E-state index in [4.69, 9.17) is 16.3 Å². The highest BCUT2D eigenvalue weighted by Crippen LogP contribution is 2.37. The number of carboxylic acids is 1. The average molecular weight is 675 g/mol. The molecular weight excluding hydrogens is 634 g/mol. The summed E-state index contributed by atoms with van der Waals surface area (Å²) in [5.41, 5.74) is 2.49. The molecule has 4 aromatic carbocycles. The molecule has 9 heteroatoms. The smallest absolute Gasteiger partial charge is 0.417 e. The number of nitrogens with zero attached hydrogens (tertiary/aromatic N) is 1. The van der Waals surface area contributed by atoms with E-state index in [0.29, 0.717) is 49.4 Å². The molecule has 0 spiro atoms. The molecule has 4 rings (SSSR count). The molecule has 1 unspecified atom stereocenters. The van der Waals surface area contributed by atoms with Gasteiger partial charge in [0.25, 0.3) is 0 Å². The molecule has 0 radical (unpaired) electrons. The minimum absolute atomic E-state index is 0. The molecule has 0 saturated carbocycles. The summed E-state index contributed by atoms with van der Waals surface area (Å²) in [6.07, 6.45) is -1.66. The molecule has 0 aliphatic rings. The van der Waals surface area contributed by atoms with E-state index in [-0.39, 0.29) is 29.9 Å². The van der Waals surface area contributed by atoms with E-state index in [1.807, 2.05) is 55.5 Å².